The molecule has 0 atom stereocenters. The van der Waals surface area contributed by atoms with E-state index in [0.29, 0.717) is 6.42 Å². The average molecular weight is 188 g/mol. The summed E-state index contributed by atoms with van der Waals surface area (Å²) in [5, 5.41) is 0. The number of allylic oxidation sites excluding steroid dienone is 2. The zero-order valence-corrected chi connectivity index (χ0v) is 7.76. The molecule has 1 N–H and O–H groups in total. The van der Waals surface area contributed by atoms with Crippen LogP contribution in [-0.4, -0.2) is 13.0 Å². The van der Waals surface area contributed by atoms with E-state index in [0.717, 1.165) is 12.5 Å². The Morgan fingerprint density at radius 1 is 1.67 bits per heavy atom. The summed E-state index contributed by atoms with van der Waals surface area (Å²) < 4.78 is 29.9. The molecule has 0 aliphatic carbocycles. The van der Waals surface area contributed by atoms with Crippen molar-refractivity contribution in [3.05, 3.63) is 29.4 Å². The molecule has 3 nitrogen and oxygen atoms in total. The molecule has 12 heavy (non-hydrogen) atoms. The summed E-state index contributed by atoms with van der Waals surface area (Å²) in [5.74, 6) is 0. The molecule has 0 aliphatic rings. The summed E-state index contributed by atoms with van der Waals surface area (Å²) in [5.41, 5.74) is 2.30. The van der Waals surface area contributed by atoms with Crippen LogP contribution in [0.15, 0.2) is 29.4 Å². The first-order valence-electron chi connectivity index (χ1n) is 3.55. The summed E-state index contributed by atoms with van der Waals surface area (Å²) in [6.45, 7) is 5.14. The highest BCUT2D eigenvalue weighted by Gasteiger charge is 2.08. The second-order valence-corrected chi connectivity index (χ2v) is 3.64. The molecule has 0 aliphatic heterocycles. The van der Waals surface area contributed by atoms with E-state index >= 15 is 0 Å². The lowest BCUT2D eigenvalue weighted by Crippen LogP contribution is -1.98. The first kappa shape index (κ1) is 11.2. The first-order valence-corrected chi connectivity index (χ1v) is 5.00. The van der Waals surface area contributed by atoms with Crippen LogP contribution in [0, 0.1) is 0 Å². The van der Waals surface area contributed by atoms with Crippen molar-refractivity contribution < 1.29 is 13.0 Å². The lowest BCUT2D eigenvalue weighted by molar-refractivity contribution is 0.492. The minimum Gasteiger partial charge on any atom is -0.282 e. The molecule has 0 aromatic carbocycles. The van der Waals surface area contributed by atoms with Gasteiger partial charge in [0.2, 0.25) is 0 Å². The molecule has 0 bridgehead atoms. The fraction of sp³-hybridized carbons (Fsp3) is 0.375. The van der Waals surface area contributed by atoms with E-state index in [1.165, 1.54) is 6.08 Å². The van der Waals surface area contributed by atoms with Gasteiger partial charge in [0, 0.05) is 6.08 Å². The van der Waals surface area contributed by atoms with Crippen LogP contribution in [0.5, 0.6) is 0 Å². The van der Waals surface area contributed by atoms with Gasteiger partial charge in [0.15, 0.2) is 0 Å². The molecule has 0 spiro atoms. The number of hydrogen-bond donors (Lipinski definition) is 1. The van der Waals surface area contributed by atoms with Gasteiger partial charge in [-0.2, -0.15) is 8.42 Å². The maximum Gasteiger partial charge on any atom is 0.294 e. The van der Waals surface area contributed by atoms with Crippen LogP contribution < -0.4 is 0 Å². The van der Waals surface area contributed by atoms with Crippen LogP contribution in [-0.2, 0) is 10.1 Å². The van der Waals surface area contributed by atoms with Gasteiger partial charge in [0.1, 0.15) is 0 Å². The second-order valence-electron chi connectivity index (χ2n) is 2.22. The summed E-state index contributed by atoms with van der Waals surface area (Å²) >= 11 is 0. The normalized spacial score (nSPS) is 12.3. The van der Waals surface area contributed by atoms with Crippen LogP contribution in [0.3, 0.4) is 0 Å². The molecule has 0 saturated carbocycles. The molecule has 68 valence electrons. The zero-order valence-electron chi connectivity index (χ0n) is 6.95. The largest absolute Gasteiger partial charge is 0.294 e. The van der Waals surface area contributed by atoms with Crippen molar-refractivity contribution >= 4 is 10.1 Å². The predicted octanol–water partition coefficient (Wildman–Crippen LogP) is 1.90. The Hall–Kier alpha value is -0.830. The van der Waals surface area contributed by atoms with Crippen molar-refractivity contribution in [1.82, 2.24) is 0 Å². The van der Waals surface area contributed by atoms with E-state index < -0.39 is 10.1 Å². The first-order chi connectivity index (χ1) is 5.52. The van der Waals surface area contributed by atoms with Crippen LogP contribution in [0.4, 0.5) is 0 Å². The maximum atomic E-state index is 10.6. The highest BCUT2D eigenvalue weighted by molar-refractivity contribution is 7.90. The predicted molar refractivity (Wildman–Crippen MR) is 48.2 cm³/mol. The van der Waals surface area contributed by atoms with Gasteiger partial charge in [-0.3, -0.25) is 4.55 Å². The molecular weight excluding hydrogens is 176 g/mol. The highest BCUT2D eigenvalue weighted by atomic mass is 32.2. The van der Waals surface area contributed by atoms with Gasteiger partial charge >= 0.3 is 0 Å². The van der Waals surface area contributed by atoms with Gasteiger partial charge in [-0.15, -0.1) is 5.73 Å². The van der Waals surface area contributed by atoms with Crippen molar-refractivity contribution in [1.29, 1.82) is 0 Å². The van der Waals surface area contributed by atoms with E-state index in [-0.39, 0.29) is 4.91 Å². The molecule has 0 rings (SSSR count). The van der Waals surface area contributed by atoms with Crippen LogP contribution in [0.25, 0.3) is 0 Å². The number of hydrogen-bond acceptors (Lipinski definition) is 2. The van der Waals surface area contributed by atoms with Gasteiger partial charge in [0.05, 0.1) is 4.91 Å². The van der Waals surface area contributed by atoms with Crippen LogP contribution in [0.1, 0.15) is 19.8 Å². The molecule has 0 aromatic heterocycles. The maximum absolute atomic E-state index is 10.6. The lowest BCUT2D eigenvalue weighted by Gasteiger charge is -1.94. The topological polar surface area (TPSA) is 54.4 Å². The summed E-state index contributed by atoms with van der Waals surface area (Å²) in [6, 6.07) is 0. The molecule has 0 unspecified atom stereocenters. The zero-order chi connectivity index (χ0) is 9.61. The molecular formula is C8H12O3S. The number of rotatable bonds is 4. The van der Waals surface area contributed by atoms with Crippen molar-refractivity contribution in [2.24, 2.45) is 0 Å². The molecule has 0 saturated heterocycles. The monoisotopic (exact) mass is 188 g/mol. The smallest absolute Gasteiger partial charge is 0.282 e. The standard InChI is InChI=1S/C8H12O3S/c1-3-5-7-8(6-4-2)12(9,10)11/h6-7H,2-3,5H2,1H3,(H,9,10,11). The van der Waals surface area contributed by atoms with Crippen LogP contribution >= 0.6 is 0 Å². The fourth-order valence-corrected chi connectivity index (χ4v) is 1.19. The Morgan fingerprint density at radius 2 is 2.25 bits per heavy atom. The molecule has 4 heteroatoms. The average Bonchev–Trinajstić information content (AvgIpc) is 1.95. The van der Waals surface area contributed by atoms with Gasteiger partial charge in [-0.25, -0.2) is 0 Å². The second kappa shape index (κ2) is 4.93. The minimum atomic E-state index is -4.10. The van der Waals surface area contributed by atoms with Crippen molar-refractivity contribution in [2.75, 3.05) is 0 Å². The van der Waals surface area contributed by atoms with Gasteiger partial charge in [-0.05, 0) is 6.42 Å². The molecule has 0 radical (unpaired) electrons. The van der Waals surface area contributed by atoms with Gasteiger partial charge < -0.3 is 0 Å². The van der Waals surface area contributed by atoms with Crippen molar-refractivity contribution in [2.45, 2.75) is 19.8 Å². The fourth-order valence-electron chi connectivity index (χ4n) is 0.626. The lowest BCUT2D eigenvalue weighted by atomic mass is 10.3. The van der Waals surface area contributed by atoms with Crippen LogP contribution in [0.2, 0.25) is 0 Å². The third-order valence-corrected chi connectivity index (χ3v) is 2.06. The number of unbranched alkanes of at least 4 members (excludes halogenated alkanes) is 1. The molecule has 0 amide bonds. The SMILES string of the molecule is C=C=CC(=CCCC)S(=O)(=O)O. The molecule has 0 aromatic rings. The van der Waals surface area contributed by atoms with E-state index in [2.05, 4.69) is 12.3 Å². The van der Waals surface area contributed by atoms with Gasteiger partial charge in [-0.1, -0.05) is 26.0 Å². The van der Waals surface area contributed by atoms with E-state index in [9.17, 15) is 8.42 Å². The Balaban J connectivity index is 4.80. The van der Waals surface area contributed by atoms with E-state index in [4.69, 9.17) is 4.55 Å². The van der Waals surface area contributed by atoms with E-state index in [1.54, 1.807) is 0 Å². The third-order valence-electron chi connectivity index (χ3n) is 1.18. The Bertz CT molecular complexity index is 305. The highest BCUT2D eigenvalue weighted by Crippen LogP contribution is 2.07. The van der Waals surface area contributed by atoms with Crippen molar-refractivity contribution in [3.8, 4) is 0 Å². The Morgan fingerprint density at radius 3 is 2.58 bits per heavy atom. The Labute approximate surface area is 72.9 Å². The van der Waals surface area contributed by atoms with Crippen molar-refractivity contribution in [3.63, 3.8) is 0 Å². The summed E-state index contributed by atoms with van der Waals surface area (Å²) in [6.07, 6.45) is 4.01. The van der Waals surface area contributed by atoms with E-state index in [1.807, 2.05) is 6.92 Å². The Kier molecular flexibility index (Phi) is 4.59. The quantitative estimate of drug-likeness (QED) is 0.416. The molecule has 0 heterocycles. The molecule has 0 fully saturated rings. The third kappa shape index (κ3) is 4.13. The minimum absolute atomic E-state index is 0.139. The summed E-state index contributed by atoms with van der Waals surface area (Å²) in [7, 11) is -4.10. The van der Waals surface area contributed by atoms with Gasteiger partial charge in [0.25, 0.3) is 10.1 Å². The summed E-state index contributed by atoms with van der Waals surface area (Å²) in [4.78, 5) is -0.139.